The monoisotopic (exact) mass is 293 g/mol. The molecule has 1 aliphatic rings. The molecule has 1 aromatic carbocycles. The number of nitrogens with two attached hydrogens (primary N) is 1. The number of amides is 1. The third kappa shape index (κ3) is 4.26. The molecule has 0 atom stereocenters. The molecule has 6 nitrogen and oxygen atoms in total. The summed E-state index contributed by atoms with van der Waals surface area (Å²) in [6, 6.07) is 5.16. The van der Waals surface area contributed by atoms with Crippen molar-refractivity contribution < 1.29 is 14.3 Å². The van der Waals surface area contributed by atoms with E-state index in [1.165, 1.54) is 0 Å². The number of hydrogen-bond acceptors (Lipinski definition) is 5. The molecule has 1 aliphatic heterocycles. The van der Waals surface area contributed by atoms with E-state index >= 15 is 0 Å². The summed E-state index contributed by atoms with van der Waals surface area (Å²) in [5.74, 6) is 0.766. The van der Waals surface area contributed by atoms with Crippen molar-refractivity contribution in [2.75, 3.05) is 31.9 Å². The van der Waals surface area contributed by atoms with Crippen LogP contribution in [-0.4, -0.2) is 42.8 Å². The summed E-state index contributed by atoms with van der Waals surface area (Å²) in [5.41, 5.74) is 5.97. The van der Waals surface area contributed by atoms with Gasteiger partial charge in [-0.05, 0) is 32.9 Å². The van der Waals surface area contributed by atoms with Crippen LogP contribution in [-0.2, 0) is 0 Å². The summed E-state index contributed by atoms with van der Waals surface area (Å²) in [6.07, 6.45) is -0.374. The van der Waals surface area contributed by atoms with Gasteiger partial charge >= 0.3 is 6.09 Å². The molecule has 6 heteroatoms. The van der Waals surface area contributed by atoms with Crippen molar-refractivity contribution in [2.45, 2.75) is 26.4 Å². The van der Waals surface area contributed by atoms with Crippen molar-refractivity contribution >= 4 is 11.8 Å². The average molecular weight is 293 g/mol. The van der Waals surface area contributed by atoms with Crippen LogP contribution in [0, 0.1) is 0 Å². The highest BCUT2D eigenvalue weighted by atomic mass is 16.6. The maximum Gasteiger partial charge on any atom is 0.415 e. The van der Waals surface area contributed by atoms with Crippen molar-refractivity contribution in [2.24, 2.45) is 0 Å². The van der Waals surface area contributed by atoms with E-state index in [9.17, 15) is 4.79 Å². The van der Waals surface area contributed by atoms with Gasteiger partial charge in [0.15, 0.2) is 11.5 Å². The number of benzene rings is 1. The largest absolute Gasteiger partial charge is 0.482 e. The first-order chi connectivity index (χ1) is 9.87. The first-order valence-electron chi connectivity index (χ1n) is 7.12. The maximum atomic E-state index is 12.2. The molecule has 21 heavy (non-hydrogen) atoms. The topological polar surface area (TPSA) is 76.8 Å². The van der Waals surface area contributed by atoms with Gasteiger partial charge in [-0.3, -0.25) is 0 Å². The van der Waals surface area contributed by atoms with Gasteiger partial charge in [-0.25, -0.2) is 4.79 Å². The summed E-state index contributed by atoms with van der Waals surface area (Å²) in [7, 11) is 0. The molecular formula is C15H23N3O3. The van der Waals surface area contributed by atoms with Crippen molar-refractivity contribution in [1.29, 1.82) is 0 Å². The molecule has 0 unspecified atom stereocenters. The third-order valence-electron chi connectivity index (χ3n) is 2.99. The highest BCUT2D eigenvalue weighted by molar-refractivity contribution is 5.73. The van der Waals surface area contributed by atoms with Gasteiger partial charge in [0.1, 0.15) is 5.60 Å². The Morgan fingerprint density at radius 2 is 1.95 bits per heavy atom. The van der Waals surface area contributed by atoms with Crippen molar-refractivity contribution in [3.8, 4) is 11.5 Å². The smallest absolute Gasteiger partial charge is 0.415 e. The van der Waals surface area contributed by atoms with Gasteiger partial charge in [0.2, 0.25) is 0 Å². The summed E-state index contributed by atoms with van der Waals surface area (Å²) in [4.78, 5) is 13.8. The molecule has 1 fully saturated rings. The van der Waals surface area contributed by atoms with Crippen LogP contribution in [0.3, 0.4) is 0 Å². The van der Waals surface area contributed by atoms with E-state index in [2.05, 4.69) is 5.32 Å². The lowest BCUT2D eigenvalue weighted by Crippen LogP contribution is -2.47. The molecule has 1 aromatic rings. The number of para-hydroxylation sites is 1. The van der Waals surface area contributed by atoms with E-state index in [0.717, 1.165) is 13.1 Å². The third-order valence-corrected chi connectivity index (χ3v) is 2.99. The molecule has 116 valence electrons. The van der Waals surface area contributed by atoms with Crippen LogP contribution >= 0.6 is 0 Å². The van der Waals surface area contributed by atoms with Gasteiger partial charge in [0.05, 0.1) is 5.69 Å². The minimum absolute atomic E-state index is 0.355. The first kappa shape index (κ1) is 15.4. The summed E-state index contributed by atoms with van der Waals surface area (Å²) in [5, 5.41) is 3.19. The van der Waals surface area contributed by atoms with Crippen LogP contribution < -0.4 is 20.5 Å². The van der Waals surface area contributed by atoms with Gasteiger partial charge in [-0.15, -0.1) is 0 Å². The molecule has 1 heterocycles. The zero-order valence-electron chi connectivity index (χ0n) is 12.8. The fourth-order valence-electron chi connectivity index (χ4n) is 2.03. The zero-order valence-corrected chi connectivity index (χ0v) is 12.8. The lowest BCUT2D eigenvalue weighted by molar-refractivity contribution is 0.118. The quantitative estimate of drug-likeness (QED) is 0.814. The Labute approximate surface area is 125 Å². The van der Waals surface area contributed by atoms with E-state index in [-0.39, 0.29) is 6.09 Å². The Balaban J connectivity index is 2.15. The first-order valence-corrected chi connectivity index (χ1v) is 7.12. The molecule has 0 spiro atoms. The fraction of sp³-hybridized carbons (Fsp3) is 0.533. The van der Waals surface area contributed by atoms with Crippen LogP contribution in [0.4, 0.5) is 10.5 Å². The van der Waals surface area contributed by atoms with E-state index in [1.54, 1.807) is 23.1 Å². The van der Waals surface area contributed by atoms with Gasteiger partial charge in [0.25, 0.3) is 0 Å². The standard InChI is InChI=1S/C15H23N3O3/c1-15(2,3)21-13-11(16)5-4-6-12(13)20-14(19)18-9-7-17-8-10-18/h4-6,17H,7-10,16H2,1-3H3. The van der Waals surface area contributed by atoms with Crippen molar-refractivity contribution in [3.63, 3.8) is 0 Å². The number of carbonyl (C=O) groups excluding carboxylic acids is 1. The second-order valence-electron chi connectivity index (χ2n) is 5.99. The number of hydrogen-bond donors (Lipinski definition) is 2. The van der Waals surface area contributed by atoms with Crippen LogP contribution in [0.15, 0.2) is 18.2 Å². The number of piperazine rings is 1. The van der Waals surface area contributed by atoms with Gasteiger partial charge in [-0.2, -0.15) is 0 Å². The second-order valence-corrected chi connectivity index (χ2v) is 5.99. The Bertz CT molecular complexity index is 505. The molecule has 1 saturated heterocycles. The van der Waals surface area contributed by atoms with E-state index < -0.39 is 5.60 Å². The number of anilines is 1. The molecule has 3 N–H and O–H groups in total. The molecule has 0 radical (unpaired) electrons. The number of nitrogens with one attached hydrogen (secondary N) is 1. The molecular weight excluding hydrogens is 270 g/mol. The molecule has 0 aromatic heterocycles. The lowest BCUT2D eigenvalue weighted by Gasteiger charge is -2.28. The number of ether oxygens (including phenoxy) is 2. The number of rotatable bonds is 2. The van der Waals surface area contributed by atoms with Gasteiger partial charge in [-0.1, -0.05) is 6.07 Å². The van der Waals surface area contributed by atoms with Gasteiger partial charge < -0.3 is 25.4 Å². The molecule has 0 saturated carbocycles. The summed E-state index contributed by atoms with van der Waals surface area (Å²) < 4.78 is 11.3. The highest BCUT2D eigenvalue weighted by Gasteiger charge is 2.23. The minimum atomic E-state index is -0.425. The fourth-order valence-corrected chi connectivity index (χ4v) is 2.03. The van der Waals surface area contributed by atoms with Crippen LogP contribution in [0.5, 0.6) is 11.5 Å². The number of nitrogen functional groups attached to an aromatic ring is 1. The average Bonchev–Trinajstić information content (AvgIpc) is 2.42. The van der Waals surface area contributed by atoms with Crippen LogP contribution in [0.25, 0.3) is 0 Å². The SMILES string of the molecule is CC(C)(C)Oc1c(N)cccc1OC(=O)N1CCNCC1. The van der Waals surface area contributed by atoms with E-state index in [4.69, 9.17) is 15.2 Å². The van der Waals surface area contributed by atoms with Crippen LogP contribution in [0.2, 0.25) is 0 Å². The predicted molar refractivity (Wildman–Crippen MR) is 81.7 cm³/mol. The molecule has 0 aliphatic carbocycles. The van der Waals surface area contributed by atoms with Crippen LogP contribution in [0.1, 0.15) is 20.8 Å². The van der Waals surface area contributed by atoms with Crippen molar-refractivity contribution in [3.05, 3.63) is 18.2 Å². The molecule has 0 bridgehead atoms. The lowest BCUT2D eigenvalue weighted by atomic mass is 10.2. The van der Waals surface area contributed by atoms with E-state index in [1.807, 2.05) is 20.8 Å². The second kappa shape index (κ2) is 6.22. The number of carbonyl (C=O) groups is 1. The minimum Gasteiger partial charge on any atom is -0.482 e. The maximum absolute atomic E-state index is 12.2. The highest BCUT2D eigenvalue weighted by Crippen LogP contribution is 2.36. The number of nitrogens with zero attached hydrogens (tertiary/aromatic N) is 1. The Hall–Kier alpha value is -1.95. The normalized spacial score (nSPS) is 15.7. The Morgan fingerprint density at radius 1 is 1.29 bits per heavy atom. The van der Waals surface area contributed by atoms with Crippen molar-refractivity contribution in [1.82, 2.24) is 10.2 Å². The van der Waals surface area contributed by atoms with E-state index in [0.29, 0.717) is 30.3 Å². The summed E-state index contributed by atoms with van der Waals surface area (Å²) in [6.45, 7) is 8.58. The molecule has 2 rings (SSSR count). The Morgan fingerprint density at radius 3 is 2.57 bits per heavy atom. The zero-order chi connectivity index (χ0) is 15.5. The molecule has 1 amide bonds. The van der Waals surface area contributed by atoms with Gasteiger partial charge in [0, 0.05) is 26.2 Å². The Kier molecular flexibility index (Phi) is 4.57. The summed E-state index contributed by atoms with van der Waals surface area (Å²) >= 11 is 0. The predicted octanol–water partition coefficient (Wildman–Crippen LogP) is 1.85.